The second-order valence-corrected chi connectivity index (χ2v) is 7.03. The Morgan fingerprint density at radius 1 is 0.962 bits per heavy atom. The molecule has 2 amide bonds. The van der Waals surface area contributed by atoms with E-state index in [4.69, 9.17) is 0 Å². The van der Waals surface area contributed by atoms with Crippen LogP contribution in [0.25, 0.3) is 0 Å². The minimum Gasteiger partial charge on any atom is -0.326 e. The first-order chi connectivity index (χ1) is 12.6. The molecule has 0 fully saturated rings. The highest BCUT2D eigenvalue weighted by Crippen LogP contribution is 2.11. The molecule has 2 N–H and O–H groups in total. The fraction of sp³-hybridized carbons (Fsp3) is 0.250. The lowest BCUT2D eigenvalue weighted by atomic mass is 10.1. The third kappa shape index (κ3) is 7.35. The van der Waals surface area contributed by atoms with Gasteiger partial charge in [-0.2, -0.15) is 5.10 Å². The Hall–Kier alpha value is -2.22. The zero-order valence-electron chi connectivity index (χ0n) is 14.7. The van der Waals surface area contributed by atoms with Crippen molar-refractivity contribution in [1.82, 2.24) is 5.43 Å². The van der Waals surface area contributed by atoms with Crippen LogP contribution in [0.2, 0.25) is 0 Å². The molecule has 0 saturated carbocycles. The van der Waals surface area contributed by atoms with Gasteiger partial charge in [0.1, 0.15) is 0 Å². The van der Waals surface area contributed by atoms with Gasteiger partial charge in [0.05, 0.1) is 0 Å². The van der Waals surface area contributed by atoms with Crippen LogP contribution >= 0.6 is 22.6 Å². The predicted octanol–water partition coefficient (Wildman–Crippen LogP) is 4.13. The number of nitrogens with zero attached hydrogens (tertiary/aromatic N) is 1. The molecule has 0 saturated heterocycles. The highest BCUT2D eigenvalue weighted by molar-refractivity contribution is 14.1. The number of hydrogen-bond donors (Lipinski definition) is 2. The summed E-state index contributed by atoms with van der Waals surface area (Å²) in [6.45, 7) is 2.00. The standard InChI is InChI=1S/C20H22IN3O2/c1-2-17(14-15-6-4-3-5-7-15)23-24-20(26)13-12-19(25)22-18-10-8-16(21)9-11-18/h3-11H,2,12-14H2,1H3,(H,22,25)(H,24,26)/b23-17+. The average molecular weight is 463 g/mol. The molecule has 0 bridgehead atoms. The lowest BCUT2D eigenvalue weighted by Crippen LogP contribution is -2.22. The zero-order valence-corrected chi connectivity index (χ0v) is 16.8. The van der Waals surface area contributed by atoms with E-state index in [0.29, 0.717) is 6.42 Å². The van der Waals surface area contributed by atoms with Crippen molar-refractivity contribution >= 4 is 45.8 Å². The lowest BCUT2D eigenvalue weighted by molar-refractivity contribution is -0.124. The van der Waals surface area contributed by atoms with Gasteiger partial charge >= 0.3 is 0 Å². The van der Waals surface area contributed by atoms with Gasteiger partial charge in [-0.15, -0.1) is 0 Å². The van der Waals surface area contributed by atoms with Crippen LogP contribution in [-0.2, 0) is 16.0 Å². The van der Waals surface area contributed by atoms with Crippen molar-refractivity contribution in [2.45, 2.75) is 32.6 Å². The van der Waals surface area contributed by atoms with Gasteiger partial charge in [0, 0.05) is 34.2 Å². The van der Waals surface area contributed by atoms with Gasteiger partial charge in [-0.05, 0) is 58.8 Å². The summed E-state index contributed by atoms with van der Waals surface area (Å²) in [6.07, 6.45) is 1.67. The summed E-state index contributed by atoms with van der Waals surface area (Å²) >= 11 is 2.20. The van der Waals surface area contributed by atoms with Gasteiger partial charge in [-0.3, -0.25) is 9.59 Å². The molecule has 0 spiro atoms. The monoisotopic (exact) mass is 463 g/mol. The van der Waals surface area contributed by atoms with E-state index in [1.165, 1.54) is 0 Å². The van der Waals surface area contributed by atoms with Crippen LogP contribution in [0.1, 0.15) is 31.7 Å². The van der Waals surface area contributed by atoms with Gasteiger partial charge in [-0.25, -0.2) is 5.43 Å². The molecule has 6 heteroatoms. The van der Waals surface area contributed by atoms with Crippen LogP contribution < -0.4 is 10.7 Å². The Labute approximate surface area is 167 Å². The first-order valence-electron chi connectivity index (χ1n) is 8.50. The van der Waals surface area contributed by atoms with E-state index >= 15 is 0 Å². The molecule has 0 aliphatic carbocycles. The summed E-state index contributed by atoms with van der Waals surface area (Å²) in [6, 6.07) is 17.5. The molecular formula is C20H22IN3O2. The van der Waals surface area contributed by atoms with Gasteiger partial charge < -0.3 is 5.32 Å². The second kappa shape index (κ2) is 10.7. The number of halogens is 1. The number of benzene rings is 2. The van der Waals surface area contributed by atoms with E-state index in [2.05, 4.69) is 38.4 Å². The summed E-state index contributed by atoms with van der Waals surface area (Å²) in [4.78, 5) is 23.8. The smallest absolute Gasteiger partial charge is 0.240 e. The molecule has 5 nitrogen and oxygen atoms in total. The normalized spacial score (nSPS) is 11.1. The summed E-state index contributed by atoms with van der Waals surface area (Å²) in [5.74, 6) is -0.452. The molecule has 2 rings (SSSR count). The van der Waals surface area contributed by atoms with Crippen LogP contribution in [0.4, 0.5) is 5.69 Å². The molecule has 2 aromatic carbocycles. The Morgan fingerprint density at radius 2 is 1.62 bits per heavy atom. The highest BCUT2D eigenvalue weighted by atomic mass is 127. The first kappa shape index (κ1) is 20.1. The number of hydrazone groups is 1. The highest BCUT2D eigenvalue weighted by Gasteiger charge is 2.07. The molecule has 0 unspecified atom stereocenters. The number of carbonyl (C=O) groups excluding carboxylic acids is 2. The molecule has 0 radical (unpaired) electrons. The van der Waals surface area contributed by atoms with E-state index in [1.807, 2.05) is 61.5 Å². The number of hydrogen-bond acceptors (Lipinski definition) is 3. The Kier molecular flexibility index (Phi) is 8.27. The molecule has 2 aromatic rings. The number of carbonyl (C=O) groups is 2. The van der Waals surface area contributed by atoms with Crippen LogP contribution in [0.3, 0.4) is 0 Å². The number of anilines is 1. The molecule has 0 heterocycles. The summed E-state index contributed by atoms with van der Waals surface area (Å²) < 4.78 is 1.10. The van der Waals surface area contributed by atoms with E-state index < -0.39 is 0 Å². The van der Waals surface area contributed by atoms with Crippen molar-refractivity contribution in [3.63, 3.8) is 0 Å². The van der Waals surface area contributed by atoms with Gasteiger partial charge in [0.25, 0.3) is 0 Å². The number of nitrogens with one attached hydrogen (secondary N) is 2. The molecule has 0 aliphatic heterocycles. The molecular weight excluding hydrogens is 441 g/mol. The fourth-order valence-corrected chi connectivity index (χ4v) is 2.62. The maximum atomic E-state index is 11.9. The molecule has 0 aromatic heterocycles. The van der Waals surface area contributed by atoms with E-state index in [-0.39, 0.29) is 24.7 Å². The molecule has 136 valence electrons. The van der Waals surface area contributed by atoms with Gasteiger partial charge in [0.2, 0.25) is 11.8 Å². The van der Waals surface area contributed by atoms with E-state index in [0.717, 1.165) is 27.0 Å². The summed E-state index contributed by atoms with van der Waals surface area (Å²) in [5, 5.41) is 6.97. The molecule has 0 aliphatic rings. The zero-order chi connectivity index (χ0) is 18.8. The van der Waals surface area contributed by atoms with Gasteiger partial charge in [0.15, 0.2) is 0 Å². The summed E-state index contributed by atoms with van der Waals surface area (Å²) in [7, 11) is 0. The maximum absolute atomic E-state index is 11.9. The molecule has 26 heavy (non-hydrogen) atoms. The third-order valence-electron chi connectivity index (χ3n) is 3.70. The van der Waals surface area contributed by atoms with Crippen molar-refractivity contribution in [2.24, 2.45) is 5.10 Å². The quantitative estimate of drug-likeness (QED) is 0.351. The number of rotatable bonds is 8. The minimum absolute atomic E-state index is 0.0992. The summed E-state index contributed by atoms with van der Waals surface area (Å²) in [5.41, 5.74) is 5.32. The minimum atomic E-state index is -0.262. The van der Waals surface area contributed by atoms with Crippen LogP contribution in [0.5, 0.6) is 0 Å². The maximum Gasteiger partial charge on any atom is 0.240 e. The van der Waals surface area contributed by atoms with Crippen LogP contribution in [-0.4, -0.2) is 17.5 Å². The van der Waals surface area contributed by atoms with Crippen LogP contribution in [0.15, 0.2) is 59.7 Å². The fourth-order valence-electron chi connectivity index (χ4n) is 2.26. The van der Waals surface area contributed by atoms with Crippen molar-refractivity contribution in [2.75, 3.05) is 5.32 Å². The van der Waals surface area contributed by atoms with Crippen molar-refractivity contribution in [3.05, 3.63) is 63.7 Å². The lowest BCUT2D eigenvalue weighted by Gasteiger charge is -2.06. The van der Waals surface area contributed by atoms with E-state index in [9.17, 15) is 9.59 Å². The first-order valence-corrected chi connectivity index (χ1v) is 9.58. The van der Waals surface area contributed by atoms with Crippen molar-refractivity contribution in [3.8, 4) is 0 Å². The molecule has 0 atom stereocenters. The topological polar surface area (TPSA) is 70.6 Å². The Balaban J connectivity index is 1.76. The van der Waals surface area contributed by atoms with Crippen LogP contribution in [0, 0.1) is 3.57 Å². The van der Waals surface area contributed by atoms with Crippen molar-refractivity contribution in [1.29, 1.82) is 0 Å². The second-order valence-electron chi connectivity index (χ2n) is 5.78. The number of amides is 2. The van der Waals surface area contributed by atoms with Crippen molar-refractivity contribution < 1.29 is 9.59 Å². The largest absolute Gasteiger partial charge is 0.326 e. The van der Waals surface area contributed by atoms with Gasteiger partial charge in [-0.1, -0.05) is 37.3 Å². The third-order valence-corrected chi connectivity index (χ3v) is 4.42. The Bertz CT molecular complexity index is 758. The predicted molar refractivity (Wildman–Crippen MR) is 113 cm³/mol. The van der Waals surface area contributed by atoms with E-state index in [1.54, 1.807) is 0 Å². The Morgan fingerprint density at radius 3 is 2.27 bits per heavy atom. The SMILES string of the molecule is CC/C(Cc1ccccc1)=N\NC(=O)CCC(=O)Nc1ccc(I)cc1. The average Bonchev–Trinajstić information content (AvgIpc) is 2.66.